The quantitative estimate of drug-likeness (QED) is 0.453. The Morgan fingerprint density at radius 2 is 1.62 bits per heavy atom. The first-order chi connectivity index (χ1) is 15.0. The van der Waals surface area contributed by atoms with Gasteiger partial charge in [-0.2, -0.15) is 0 Å². The molecular weight excluding hydrogens is 390 g/mol. The zero-order valence-electron chi connectivity index (χ0n) is 22.0. The average molecular weight is 442 g/mol. The lowest BCUT2D eigenvalue weighted by Gasteiger charge is -2.71. The van der Waals surface area contributed by atoms with Crippen LogP contribution in [0.1, 0.15) is 106 Å². The monoisotopic (exact) mass is 441 g/mol. The van der Waals surface area contributed by atoms with Crippen molar-refractivity contribution in [1.82, 2.24) is 5.32 Å². The molecule has 4 aliphatic carbocycles. The van der Waals surface area contributed by atoms with Crippen LogP contribution in [0.15, 0.2) is 12.2 Å². The second kappa shape index (κ2) is 7.33. The molecule has 0 spiro atoms. The van der Waals surface area contributed by atoms with E-state index in [0.717, 1.165) is 17.8 Å². The van der Waals surface area contributed by atoms with Gasteiger partial charge in [0.05, 0.1) is 0 Å². The minimum Gasteiger partial charge on any atom is -0.396 e. The minimum atomic E-state index is 0.173. The summed E-state index contributed by atoms with van der Waals surface area (Å²) >= 11 is 0. The zero-order valence-corrected chi connectivity index (χ0v) is 22.0. The van der Waals surface area contributed by atoms with E-state index >= 15 is 0 Å². The van der Waals surface area contributed by atoms with E-state index < -0.39 is 0 Å². The van der Waals surface area contributed by atoms with Crippen molar-refractivity contribution < 1.29 is 5.11 Å². The van der Waals surface area contributed by atoms with E-state index in [1.54, 1.807) is 0 Å². The molecule has 0 aromatic heterocycles. The maximum Gasteiger partial charge on any atom is 0.0490 e. The fourth-order valence-corrected chi connectivity index (χ4v) is 11.5. The van der Waals surface area contributed by atoms with Gasteiger partial charge in [-0.1, -0.05) is 32.9 Å². The molecule has 9 atom stereocenters. The van der Waals surface area contributed by atoms with E-state index in [1.165, 1.54) is 76.3 Å². The number of fused-ring (bicyclic) bond motifs is 7. The van der Waals surface area contributed by atoms with Crippen LogP contribution in [0.3, 0.4) is 0 Å². The molecule has 5 aliphatic rings. The summed E-state index contributed by atoms with van der Waals surface area (Å²) in [5, 5.41) is 14.6. The molecule has 5 fully saturated rings. The maximum absolute atomic E-state index is 10.7. The first-order valence-corrected chi connectivity index (χ1v) is 14.0. The first kappa shape index (κ1) is 23.4. The Bertz CT molecular complexity index is 773. The van der Waals surface area contributed by atoms with Gasteiger partial charge in [0.25, 0.3) is 0 Å². The summed E-state index contributed by atoms with van der Waals surface area (Å²) in [6, 6.07) is 0. The highest BCUT2D eigenvalue weighted by Gasteiger charge is 2.69. The smallest absolute Gasteiger partial charge is 0.0490 e. The predicted octanol–water partition coefficient (Wildman–Crippen LogP) is 6.98. The highest BCUT2D eigenvalue weighted by atomic mass is 16.3. The normalized spacial score (nSPS) is 54.5. The Morgan fingerprint density at radius 3 is 2.31 bits per heavy atom. The lowest BCUT2D eigenvalue weighted by Crippen LogP contribution is -2.66. The molecule has 0 aromatic carbocycles. The molecule has 1 unspecified atom stereocenters. The van der Waals surface area contributed by atoms with Crippen molar-refractivity contribution >= 4 is 0 Å². The summed E-state index contributed by atoms with van der Waals surface area (Å²) in [7, 11) is 0. The van der Waals surface area contributed by atoms with Gasteiger partial charge in [0.15, 0.2) is 0 Å². The SMILES string of the molecule is C=C(C)[C@@H]1CC[C@]2(CO)CC[C@]3(C)C(CC[C@@H]4[C@@]5(C)CCCNC(C)(C)[C@@H]5CC[C@]43C)[C@@H]12. The molecule has 2 heteroatoms. The number of nitrogens with one attached hydrogen (secondary N) is 1. The van der Waals surface area contributed by atoms with Crippen LogP contribution >= 0.6 is 0 Å². The average Bonchev–Trinajstić information content (AvgIpc) is 3.07. The van der Waals surface area contributed by atoms with Crippen LogP contribution < -0.4 is 5.32 Å². The second-order valence-corrected chi connectivity index (χ2v) is 14.5. The molecule has 4 saturated carbocycles. The van der Waals surface area contributed by atoms with Gasteiger partial charge in [0.1, 0.15) is 0 Å². The van der Waals surface area contributed by atoms with Gasteiger partial charge in [0.2, 0.25) is 0 Å². The van der Waals surface area contributed by atoms with E-state index in [4.69, 9.17) is 0 Å². The third-order valence-electron chi connectivity index (χ3n) is 13.2. The molecule has 5 rings (SSSR count). The molecule has 1 aliphatic heterocycles. The van der Waals surface area contributed by atoms with E-state index in [0.29, 0.717) is 34.7 Å². The highest BCUT2D eigenvalue weighted by Crippen LogP contribution is 2.76. The van der Waals surface area contributed by atoms with Crippen LogP contribution in [0.5, 0.6) is 0 Å². The van der Waals surface area contributed by atoms with E-state index in [2.05, 4.69) is 53.4 Å². The Morgan fingerprint density at radius 1 is 0.875 bits per heavy atom. The third-order valence-corrected chi connectivity index (χ3v) is 13.2. The Balaban J connectivity index is 1.56. The topological polar surface area (TPSA) is 32.3 Å². The number of rotatable bonds is 2. The summed E-state index contributed by atoms with van der Waals surface area (Å²) in [4.78, 5) is 0. The first-order valence-electron chi connectivity index (χ1n) is 14.0. The largest absolute Gasteiger partial charge is 0.396 e. The lowest BCUT2D eigenvalue weighted by atomic mass is 9.33. The van der Waals surface area contributed by atoms with Crippen LogP contribution in [-0.4, -0.2) is 23.8 Å². The van der Waals surface area contributed by atoms with Crippen molar-refractivity contribution in [3.05, 3.63) is 12.2 Å². The molecular formula is C30H51NO. The Labute approximate surface area is 198 Å². The molecule has 0 bridgehead atoms. The Hall–Kier alpha value is -0.340. The molecule has 32 heavy (non-hydrogen) atoms. The van der Waals surface area contributed by atoms with Crippen molar-refractivity contribution in [1.29, 1.82) is 0 Å². The number of allylic oxidation sites excluding steroid dienone is 1. The lowest BCUT2D eigenvalue weighted by molar-refractivity contribution is -0.226. The van der Waals surface area contributed by atoms with E-state index in [1.807, 2.05) is 0 Å². The van der Waals surface area contributed by atoms with Gasteiger partial charge < -0.3 is 10.4 Å². The van der Waals surface area contributed by atoms with Crippen molar-refractivity contribution in [3.63, 3.8) is 0 Å². The molecule has 1 saturated heterocycles. The third kappa shape index (κ3) is 2.84. The van der Waals surface area contributed by atoms with Gasteiger partial charge in [-0.15, -0.1) is 0 Å². The van der Waals surface area contributed by atoms with Gasteiger partial charge in [-0.25, -0.2) is 0 Å². The van der Waals surface area contributed by atoms with Crippen LogP contribution in [0, 0.1) is 51.2 Å². The van der Waals surface area contributed by atoms with Gasteiger partial charge in [-0.05, 0) is 143 Å². The molecule has 2 N–H and O–H groups in total. The van der Waals surface area contributed by atoms with Crippen LogP contribution in [0.4, 0.5) is 0 Å². The molecule has 0 amide bonds. The van der Waals surface area contributed by atoms with Gasteiger partial charge >= 0.3 is 0 Å². The van der Waals surface area contributed by atoms with Crippen molar-refractivity contribution in [2.45, 2.75) is 111 Å². The maximum atomic E-state index is 10.7. The summed E-state index contributed by atoms with van der Waals surface area (Å²) in [5.41, 5.74) is 3.07. The van der Waals surface area contributed by atoms with Crippen LogP contribution in [-0.2, 0) is 0 Å². The van der Waals surface area contributed by atoms with E-state index in [9.17, 15) is 5.11 Å². The zero-order chi connectivity index (χ0) is 23.2. The molecule has 0 aromatic rings. The van der Waals surface area contributed by atoms with Crippen molar-refractivity contribution in [2.24, 2.45) is 51.2 Å². The molecule has 2 nitrogen and oxygen atoms in total. The Kier molecular flexibility index (Phi) is 5.36. The van der Waals surface area contributed by atoms with E-state index in [-0.39, 0.29) is 11.0 Å². The summed E-state index contributed by atoms with van der Waals surface area (Å²) < 4.78 is 0. The van der Waals surface area contributed by atoms with Crippen molar-refractivity contribution in [3.8, 4) is 0 Å². The molecule has 1 heterocycles. The molecule has 0 radical (unpaired) electrons. The van der Waals surface area contributed by atoms with Gasteiger partial charge in [0, 0.05) is 12.1 Å². The predicted molar refractivity (Wildman–Crippen MR) is 134 cm³/mol. The minimum absolute atomic E-state index is 0.173. The second-order valence-electron chi connectivity index (χ2n) is 14.5. The van der Waals surface area contributed by atoms with Gasteiger partial charge in [-0.3, -0.25) is 0 Å². The number of aliphatic hydroxyl groups is 1. The summed E-state index contributed by atoms with van der Waals surface area (Å²) in [6.45, 7) is 21.4. The highest BCUT2D eigenvalue weighted by molar-refractivity contribution is 5.21. The number of aliphatic hydroxyl groups excluding tert-OH is 1. The van der Waals surface area contributed by atoms with Crippen LogP contribution in [0.25, 0.3) is 0 Å². The molecule has 182 valence electrons. The van der Waals surface area contributed by atoms with Crippen molar-refractivity contribution in [2.75, 3.05) is 13.2 Å². The number of hydrogen-bond acceptors (Lipinski definition) is 2. The fourth-order valence-electron chi connectivity index (χ4n) is 11.5. The van der Waals surface area contributed by atoms with Crippen LogP contribution in [0.2, 0.25) is 0 Å². The standard InChI is InChI=1S/C30H51NO/c1-20(2)21-11-15-30(19-32)17-16-28(6)22(25(21)30)9-10-24-27(5)13-8-18-31-26(3,4)23(27)12-14-29(24,28)7/h21-25,31-32H,1,8-19H2,2-7H3/t21-,22?,23-,24+,25+,27-,28+,29+,30+/m0/s1. The number of hydrogen-bond donors (Lipinski definition) is 2. The summed E-state index contributed by atoms with van der Waals surface area (Å²) in [5.74, 6) is 3.65. The summed E-state index contributed by atoms with van der Waals surface area (Å²) in [6.07, 6.45) is 13.3. The fraction of sp³-hybridized carbons (Fsp3) is 0.933.